The molecule has 0 aromatic heterocycles. The van der Waals surface area contributed by atoms with Crippen LogP contribution in [-0.2, 0) is 5.60 Å². The van der Waals surface area contributed by atoms with Crippen LogP contribution in [0.15, 0.2) is 24.3 Å². The van der Waals surface area contributed by atoms with Crippen molar-refractivity contribution in [2.24, 2.45) is 5.92 Å². The lowest BCUT2D eigenvalue weighted by Crippen LogP contribution is -2.21. The fourth-order valence-electron chi connectivity index (χ4n) is 1.91. The van der Waals surface area contributed by atoms with Gasteiger partial charge in [-0.2, -0.15) is 0 Å². The van der Waals surface area contributed by atoms with Gasteiger partial charge in [0.25, 0.3) is 0 Å². The van der Waals surface area contributed by atoms with Crippen LogP contribution in [0.1, 0.15) is 37.3 Å². The van der Waals surface area contributed by atoms with Gasteiger partial charge in [0.1, 0.15) is 0 Å². The third kappa shape index (κ3) is 2.16. The molecule has 0 radical (unpaired) electrons. The highest BCUT2D eigenvalue weighted by atomic mass is 16.3. The Morgan fingerprint density at radius 3 is 2.36 bits per heavy atom. The van der Waals surface area contributed by atoms with Crippen LogP contribution in [0.4, 0.5) is 0 Å². The Balaban J connectivity index is 2.14. The lowest BCUT2D eigenvalue weighted by Gasteiger charge is -2.23. The average molecular weight is 190 g/mol. The van der Waals surface area contributed by atoms with Gasteiger partial charge >= 0.3 is 0 Å². The van der Waals surface area contributed by atoms with Crippen LogP contribution in [0.3, 0.4) is 0 Å². The van der Waals surface area contributed by atoms with E-state index in [4.69, 9.17) is 0 Å². The summed E-state index contributed by atoms with van der Waals surface area (Å²) in [6.45, 7) is 4.00. The molecule has 1 aliphatic carbocycles. The zero-order valence-corrected chi connectivity index (χ0v) is 8.96. The highest BCUT2D eigenvalue weighted by Gasteiger charge is 2.32. The van der Waals surface area contributed by atoms with Gasteiger partial charge in [-0.3, -0.25) is 0 Å². The minimum Gasteiger partial charge on any atom is -0.385 e. The second-order valence-corrected chi connectivity index (χ2v) is 4.79. The highest BCUT2D eigenvalue weighted by molar-refractivity contribution is 5.26. The second kappa shape index (κ2) is 3.39. The van der Waals surface area contributed by atoms with Crippen LogP contribution in [0.25, 0.3) is 0 Å². The summed E-state index contributed by atoms with van der Waals surface area (Å²) in [7, 11) is 0. The number of hydrogen-bond donors (Lipinski definition) is 1. The predicted octanol–water partition coefficient (Wildman–Crippen LogP) is 3.00. The normalized spacial score (nSPS) is 20.5. The minimum atomic E-state index is -0.630. The van der Waals surface area contributed by atoms with Crippen molar-refractivity contribution >= 4 is 0 Å². The molecule has 0 heterocycles. The molecule has 0 amide bonds. The van der Waals surface area contributed by atoms with Crippen molar-refractivity contribution in [3.63, 3.8) is 0 Å². The van der Waals surface area contributed by atoms with Gasteiger partial charge in [0.2, 0.25) is 0 Å². The van der Waals surface area contributed by atoms with Gasteiger partial charge in [0, 0.05) is 0 Å². The minimum absolute atomic E-state index is 0.630. The highest BCUT2D eigenvalue weighted by Crippen LogP contribution is 2.40. The van der Waals surface area contributed by atoms with Crippen molar-refractivity contribution in [1.29, 1.82) is 0 Å². The SMILES string of the molecule is Cc1ccc(C(C)(O)CC2CC2)cc1. The first kappa shape index (κ1) is 9.72. The van der Waals surface area contributed by atoms with Gasteiger partial charge in [-0.05, 0) is 31.7 Å². The monoisotopic (exact) mass is 190 g/mol. The Morgan fingerprint density at radius 2 is 1.86 bits per heavy atom. The summed E-state index contributed by atoms with van der Waals surface area (Å²) < 4.78 is 0. The fourth-order valence-corrected chi connectivity index (χ4v) is 1.91. The number of aliphatic hydroxyl groups is 1. The molecular weight excluding hydrogens is 172 g/mol. The first-order valence-corrected chi connectivity index (χ1v) is 5.37. The predicted molar refractivity (Wildman–Crippen MR) is 58.1 cm³/mol. The number of hydrogen-bond acceptors (Lipinski definition) is 1. The molecule has 1 fully saturated rings. The zero-order valence-electron chi connectivity index (χ0n) is 8.96. The maximum absolute atomic E-state index is 10.3. The van der Waals surface area contributed by atoms with E-state index in [1.54, 1.807) is 0 Å². The molecule has 1 atom stereocenters. The molecule has 1 unspecified atom stereocenters. The summed E-state index contributed by atoms with van der Waals surface area (Å²) in [5.74, 6) is 0.756. The molecule has 0 bridgehead atoms. The molecule has 0 saturated heterocycles. The first-order valence-electron chi connectivity index (χ1n) is 5.37. The van der Waals surface area contributed by atoms with Gasteiger partial charge in [-0.25, -0.2) is 0 Å². The van der Waals surface area contributed by atoms with Crippen molar-refractivity contribution < 1.29 is 5.11 Å². The number of rotatable bonds is 3. The van der Waals surface area contributed by atoms with Crippen LogP contribution >= 0.6 is 0 Å². The van der Waals surface area contributed by atoms with Crippen LogP contribution in [-0.4, -0.2) is 5.11 Å². The van der Waals surface area contributed by atoms with Crippen molar-refractivity contribution in [2.75, 3.05) is 0 Å². The quantitative estimate of drug-likeness (QED) is 0.776. The summed E-state index contributed by atoms with van der Waals surface area (Å²) in [5.41, 5.74) is 1.67. The van der Waals surface area contributed by atoms with E-state index >= 15 is 0 Å². The molecule has 76 valence electrons. The van der Waals surface area contributed by atoms with Crippen LogP contribution in [0, 0.1) is 12.8 Å². The first-order chi connectivity index (χ1) is 6.58. The third-order valence-electron chi connectivity index (χ3n) is 3.06. The summed E-state index contributed by atoms with van der Waals surface area (Å²) in [6, 6.07) is 8.21. The molecule has 1 aromatic carbocycles. The van der Waals surface area contributed by atoms with E-state index in [1.807, 2.05) is 19.1 Å². The fraction of sp³-hybridized carbons (Fsp3) is 0.538. The molecule has 14 heavy (non-hydrogen) atoms. The third-order valence-corrected chi connectivity index (χ3v) is 3.06. The van der Waals surface area contributed by atoms with E-state index in [2.05, 4.69) is 19.1 Å². The summed E-state index contributed by atoms with van der Waals surface area (Å²) in [6.07, 6.45) is 3.50. The maximum Gasteiger partial charge on any atom is 0.0871 e. The number of benzene rings is 1. The standard InChI is InChI=1S/C13H18O/c1-10-3-7-12(8-4-10)13(2,14)9-11-5-6-11/h3-4,7-8,11,14H,5-6,9H2,1-2H3. The van der Waals surface area contributed by atoms with Gasteiger partial charge < -0.3 is 5.11 Å². The van der Waals surface area contributed by atoms with E-state index in [1.165, 1.54) is 18.4 Å². The van der Waals surface area contributed by atoms with E-state index in [0.717, 1.165) is 17.9 Å². The van der Waals surface area contributed by atoms with Crippen LogP contribution in [0.5, 0.6) is 0 Å². The van der Waals surface area contributed by atoms with Crippen LogP contribution < -0.4 is 0 Å². The number of aryl methyl sites for hydroxylation is 1. The average Bonchev–Trinajstić information content (AvgIpc) is 2.88. The van der Waals surface area contributed by atoms with Gasteiger partial charge in [-0.15, -0.1) is 0 Å². The Kier molecular flexibility index (Phi) is 2.36. The Labute approximate surface area is 85.8 Å². The van der Waals surface area contributed by atoms with Gasteiger partial charge in [0.15, 0.2) is 0 Å². The molecule has 1 aromatic rings. The molecule has 1 heteroatoms. The molecule has 2 rings (SSSR count). The van der Waals surface area contributed by atoms with E-state index in [0.29, 0.717) is 0 Å². The topological polar surface area (TPSA) is 20.2 Å². The second-order valence-electron chi connectivity index (χ2n) is 4.79. The van der Waals surface area contributed by atoms with Crippen molar-refractivity contribution in [2.45, 2.75) is 38.7 Å². The Hall–Kier alpha value is -0.820. The molecule has 1 nitrogen and oxygen atoms in total. The molecule has 1 aliphatic rings. The summed E-state index contributed by atoms with van der Waals surface area (Å²) in [4.78, 5) is 0. The molecule has 1 N–H and O–H groups in total. The Bertz CT molecular complexity index is 307. The summed E-state index contributed by atoms with van der Waals surface area (Å²) in [5, 5.41) is 10.3. The van der Waals surface area contributed by atoms with E-state index in [-0.39, 0.29) is 0 Å². The largest absolute Gasteiger partial charge is 0.385 e. The zero-order chi connectivity index (χ0) is 10.2. The molecule has 0 aliphatic heterocycles. The molecular formula is C13H18O. The van der Waals surface area contributed by atoms with E-state index < -0.39 is 5.60 Å². The Morgan fingerprint density at radius 1 is 1.29 bits per heavy atom. The summed E-state index contributed by atoms with van der Waals surface area (Å²) >= 11 is 0. The maximum atomic E-state index is 10.3. The van der Waals surface area contributed by atoms with Crippen molar-refractivity contribution in [1.82, 2.24) is 0 Å². The van der Waals surface area contributed by atoms with E-state index in [9.17, 15) is 5.11 Å². The molecule has 0 spiro atoms. The smallest absolute Gasteiger partial charge is 0.0871 e. The lowest BCUT2D eigenvalue weighted by molar-refractivity contribution is 0.0417. The van der Waals surface area contributed by atoms with Crippen LogP contribution in [0.2, 0.25) is 0 Å². The molecule has 1 saturated carbocycles. The van der Waals surface area contributed by atoms with Crippen molar-refractivity contribution in [3.8, 4) is 0 Å². The van der Waals surface area contributed by atoms with Gasteiger partial charge in [-0.1, -0.05) is 42.7 Å². The lowest BCUT2D eigenvalue weighted by atomic mass is 9.90. The van der Waals surface area contributed by atoms with Crippen molar-refractivity contribution in [3.05, 3.63) is 35.4 Å². The van der Waals surface area contributed by atoms with Gasteiger partial charge in [0.05, 0.1) is 5.60 Å².